The van der Waals surface area contributed by atoms with Crippen molar-refractivity contribution >= 4 is 5.91 Å². The van der Waals surface area contributed by atoms with Gasteiger partial charge in [-0.1, -0.05) is 12.1 Å². The first kappa shape index (κ1) is 14.5. The van der Waals surface area contributed by atoms with E-state index < -0.39 is 0 Å². The van der Waals surface area contributed by atoms with Gasteiger partial charge < -0.3 is 20.1 Å². The number of rotatable bonds is 2. The predicted octanol–water partition coefficient (Wildman–Crippen LogP) is 0.554. The molecule has 0 radical (unpaired) electrons. The van der Waals surface area contributed by atoms with Crippen LogP contribution >= 0.6 is 0 Å². The lowest BCUT2D eigenvalue weighted by Crippen LogP contribution is -2.50. The Morgan fingerprint density at radius 3 is 3.14 bits per heavy atom. The van der Waals surface area contributed by atoms with Crippen LogP contribution in [0.2, 0.25) is 0 Å². The van der Waals surface area contributed by atoms with Crippen LogP contribution in [0, 0.1) is 0 Å². The number of nitrogens with one attached hydrogen (secondary N) is 1. The molecule has 2 unspecified atom stereocenters. The molecule has 1 amide bonds. The maximum absolute atomic E-state index is 12.8. The highest BCUT2D eigenvalue weighted by Crippen LogP contribution is 2.22. The third kappa shape index (κ3) is 2.95. The highest BCUT2D eigenvalue weighted by molar-refractivity contribution is 5.96. The van der Waals surface area contributed by atoms with E-state index in [1.807, 2.05) is 24.0 Å². The zero-order valence-electron chi connectivity index (χ0n) is 12.3. The number of morpholine rings is 1. The van der Waals surface area contributed by atoms with Gasteiger partial charge in [0, 0.05) is 25.2 Å². The number of hydrogen-bond acceptors (Lipinski definition) is 4. The van der Waals surface area contributed by atoms with E-state index in [0.717, 1.165) is 25.1 Å². The van der Waals surface area contributed by atoms with E-state index in [2.05, 4.69) is 11.4 Å². The Bertz CT molecular complexity index is 532. The summed E-state index contributed by atoms with van der Waals surface area (Å²) < 4.78 is 5.61. The van der Waals surface area contributed by atoms with Crippen LogP contribution in [-0.4, -0.2) is 54.4 Å². The van der Waals surface area contributed by atoms with Crippen molar-refractivity contribution in [2.75, 3.05) is 26.2 Å². The van der Waals surface area contributed by atoms with E-state index in [1.165, 1.54) is 11.1 Å². The molecule has 2 atom stereocenters. The fraction of sp³-hybridized carbons (Fsp3) is 0.562. The Morgan fingerprint density at radius 1 is 1.48 bits per heavy atom. The van der Waals surface area contributed by atoms with Crippen molar-refractivity contribution in [2.45, 2.75) is 32.1 Å². The second-order valence-electron chi connectivity index (χ2n) is 5.83. The molecular formula is C16H22N2O3. The fourth-order valence-electron chi connectivity index (χ4n) is 3.21. The van der Waals surface area contributed by atoms with Crippen molar-refractivity contribution in [3.05, 3.63) is 34.9 Å². The number of amides is 1. The third-order valence-electron chi connectivity index (χ3n) is 4.19. The summed E-state index contributed by atoms with van der Waals surface area (Å²) in [6, 6.07) is 5.95. The van der Waals surface area contributed by atoms with E-state index in [-0.39, 0.29) is 24.7 Å². The number of carbonyl (C=O) groups excluding carboxylic acids is 1. The summed E-state index contributed by atoms with van der Waals surface area (Å²) in [5.41, 5.74) is 3.19. The second-order valence-corrected chi connectivity index (χ2v) is 5.83. The minimum absolute atomic E-state index is 0.0407. The summed E-state index contributed by atoms with van der Waals surface area (Å²) in [6.07, 6.45) is 0.570. The molecule has 1 aromatic carbocycles. The van der Waals surface area contributed by atoms with Gasteiger partial charge in [-0.25, -0.2) is 0 Å². The van der Waals surface area contributed by atoms with Gasteiger partial charge in [0.15, 0.2) is 0 Å². The molecular weight excluding hydrogens is 268 g/mol. The van der Waals surface area contributed by atoms with Crippen LogP contribution in [-0.2, 0) is 17.7 Å². The van der Waals surface area contributed by atoms with Crippen molar-refractivity contribution in [3.63, 3.8) is 0 Å². The van der Waals surface area contributed by atoms with Crippen LogP contribution in [0.3, 0.4) is 0 Å². The molecule has 0 spiro atoms. The summed E-state index contributed by atoms with van der Waals surface area (Å²) in [6.45, 7) is 4.67. The number of ether oxygens (including phenoxy) is 1. The molecule has 2 aliphatic heterocycles. The number of aliphatic hydroxyl groups is 1. The van der Waals surface area contributed by atoms with Gasteiger partial charge in [-0.3, -0.25) is 4.79 Å². The molecule has 2 N–H and O–H groups in total. The van der Waals surface area contributed by atoms with Crippen molar-refractivity contribution < 1.29 is 14.6 Å². The monoisotopic (exact) mass is 290 g/mol. The van der Waals surface area contributed by atoms with Crippen LogP contribution in [0.4, 0.5) is 0 Å². The molecule has 3 rings (SSSR count). The van der Waals surface area contributed by atoms with Crippen LogP contribution < -0.4 is 5.32 Å². The van der Waals surface area contributed by atoms with Gasteiger partial charge >= 0.3 is 0 Å². The van der Waals surface area contributed by atoms with E-state index in [1.54, 1.807) is 0 Å². The number of aliphatic hydroxyl groups excluding tert-OH is 1. The van der Waals surface area contributed by atoms with Crippen molar-refractivity contribution in [1.82, 2.24) is 10.2 Å². The Labute approximate surface area is 124 Å². The maximum atomic E-state index is 12.8. The van der Waals surface area contributed by atoms with Gasteiger partial charge in [-0.15, -0.1) is 0 Å². The van der Waals surface area contributed by atoms with E-state index >= 15 is 0 Å². The lowest BCUT2D eigenvalue weighted by Gasteiger charge is -2.36. The number of hydrogen-bond donors (Lipinski definition) is 2. The highest BCUT2D eigenvalue weighted by atomic mass is 16.5. The van der Waals surface area contributed by atoms with Crippen molar-refractivity contribution in [3.8, 4) is 0 Å². The number of fused-ring (bicyclic) bond motifs is 1. The molecule has 0 aliphatic carbocycles. The smallest absolute Gasteiger partial charge is 0.254 e. The topological polar surface area (TPSA) is 61.8 Å². The Kier molecular flexibility index (Phi) is 4.24. The van der Waals surface area contributed by atoms with Gasteiger partial charge in [-0.05, 0) is 37.1 Å². The standard InChI is InChI=1S/C16H22N2O3/c1-11-8-18(9-13(10-19)21-11)16(20)15-4-2-3-12-7-17-6-5-14(12)15/h2-4,11,13,17,19H,5-10H2,1H3. The van der Waals surface area contributed by atoms with Crippen LogP contribution in [0.1, 0.15) is 28.4 Å². The number of nitrogens with zero attached hydrogens (tertiary/aromatic N) is 1. The normalized spacial score (nSPS) is 25.5. The molecule has 21 heavy (non-hydrogen) atoms. The minimum atomic E-state index is -0.279. The van der Waals surface area contributed by atoms with Crippen LogP contribution in [0.25, 0.3) is 0 Å². The Balaban J connectivity index is 1.85. The molecule has 0 saturated carbocycles. The first-order valence-electron chi connectivity index (χ1n) is 7.56. The van der Waals surface area contributed by atoms with E-state index in [9.17, 15) is 9.90 Å². The van der Waals surface area contributed by atoms with E-state index in [4.69, 9.17) is 4.74 Å². The third-order valence-corrected chi connectivity index (χ3v) is 4.19. The van der Waals surface area contributed by atoms with Crippen molar-refractivity contribution in [2.24, 2.45) is 0 Å². The lowest BCUT2D eigenvalue weighted by molar-refractivity contribution is -0.0858. The zero-order valence-corrected chi connectivity index (χ0v) is 12.3. The molecule has 2 heterocycles. The molecule has 0 aromatic heterocycles. The van der Waals surface area contributed by atoms with E-state index in [0.29, 0.717) is 13.1 Å². The fourth-order valence-corrected chi connectivity index (χ4v) is 3.21. The van der Waals surface area contributed by atoms with Crippen LogP contribution in [0.5, 0.6) is 0 Å². The summed E-state index contributed by atoms with van der Waals surface area (Å²) >= 11 is 0. The predicted molar refractivity (Wildman–Crippen MR) is 79.2 cm³/mol. The average molecular weight is 290 g/mol. The quantitative estimate of drug-likeness (QED) is 0.835. The Hall–Kier alpha value is -1.43. The molecule has 1 fully saturated rings. The van der Waals surface area contributed by atoms with Gasteiger partial charge in [0.05, 0.1) is 18.8 Å². The largest absolute Gasteiger partial charge is 0.394 e. The first-order chi connectivity index (χ1) is 10.2. The molecule has 5 heteroatoms. The second kappa shape index (κ2) is 6.13. The summed E-state index contributed by atoms with van der Waals surface area (Å²) in [4.78, 5) is 14.7. The van der Waals surface area contributed by atoms with Gasteiger partial charge in [0.2, 0.25) is 0 Å². The SMILES string of the molecule is CC1CN(C(=O)c2cccc3c2CCNC3)CC(CO)O1. The van der Waals surface area contributed by atoms with Crippen LogP contribution in [0.15, 0.2) is 18.2 Å². The summed E-state index contributed by atoms with van der Waals surface area (Å²) in [5.74, 6) is 0.0577. The van der Waals surface area contributed by atoms with Gasteiger partial charge in [0.25, 0.3) is 5.91 Å². The molecule has 1 saturated heterocycles. The average Bonchev–Trinajstić information content (AvgIpc) is 2.53. The highest BCUT2D eigenvalue weighted by Gasteiger charge is 2.30. The molecule has 1 aromatic rings. The van der Waals surface area contributed by atoms with Crippen molar-refractivity contribution in [1.29, 1.82) is 0 Å². The number of carbonyl (C=O) groups is 1. The summed E-state index contributed by atoms with van der Waals surface area (Å²) in [7, 11) is 0. The first-order valence-corrected chi connectivity index (χ1v) is 7.56. The summed E-state index contributed by atoms with van der Waals surface area (Å²) in [5, 5.41) is 12.6. The molecule has 0 bridgehead atoms. The molecule has 5 nitrogen and oxygen atoms in total. The maximum Gasteiger partial charge on any atom is 0.254 e. The lowest BCUT2D eigenvalue weighted by atomic mass is 9.94. The number of benzene rings is 1. The Morgan fingerprint density at radius 2 is 2.33 bits per heavy atom. The van der Waals surface area contributed by atoms with Gasteiger partial charge in [0.1, 0.15) is 0 Å². The molecule has 114 valence electrons. The minimum Gasteiger partial charge on any atom is -0.394 e. The molecule has 2 aliphatic rings. The zero-order chi connectivity index (χ0) is 14.8. The van der Waals surface area contributed by atoms with Gasteiger partial charge in [-0.2, -0.15) is 0 Å².